The summed E-state index contributed by atoms with van der Waals surface area (Å²) in [5, 5.41) is 10.2. The van der Waals surface area contributed by atoms with Crippen LogP contribution in [-0.4, -0.2) is 45.4 Å². The van der Waals surface area contributed by atoms with E-state index in [1.807, 2.05) is 6.92 Å². The molecule has 1 heterocycles. The Balaban J connectivity index is 2.15. The average molecular weight is 342 g/mol. The second-order valence-corrected chi connectivity index (χ2v) is 6.63. The minimum Gasteiger partial charge on any atom is -0.481 e. The predicted octanol–water partition coefficient (Wildman–Crippen LogP) is 2.20. The first kappa shape index (κ1) is 17.1. The van der Waals surface area contributed by atoms with Crippen LogP contribution in [0.1, 0.15) is 48.7 Å². The van der Waals surface area contributed by atoms with E-state index in [4.69, 9.17) is 5.73 Å². The summed E-state index contributed by atoms with van der Waals surface area (Å²) < 4.78 is 0. The molecule has 25 heavy (non-hydrogen) atoms. The molecule has 0 radical (unpaired) electrons. The lowest BCUT2D eigenvalue weighted by Crippen LogP contribution is -2.42. The summed E-state index contributed by atoms with van der Waals surface area (Å²) in [4.78, 5) is 34.4. The lowest BCUT2D eigenvalue weighted by Gasteiger charge is -2.38. The number of nitrogens with two attached hydrogens (primary N) is 1. The van der Waals surface area contributed by atoms with E-state index in [0.717, 1.165) is 12.8 Å². The molecule has 1 aromatic carbocycles. The zero-order chi connectivity index (χ0) is 18.2. The van der Waals surface area contributed by atoms with E-state index in [2.05, 4.69) is 9.97 Å². The first-order valence-corrected chi connectivity index (χ1v) is 8.45. The zero-order valence-electron chi connectivity index (χ0n) is 14.5. The van der Waals surface area contributed by atoms with Crippen LogP contribution in [-0.2, 0) is 10.2 Å². The smallest absolute Gasteiger partial charge is 0.314 e. The lowest BCUT2D eigenvalue weighted by molar-refractivity contribution is -0.147. The van der Waals surface area contributed by atoms with Gasteiger partial charge in [-0.25, -0.2) is 9.97 Å². The Morgan fingerprint density at radius 2 is 2.04 bits per heavy atom. The van der Waals surface area contributed by atoms with E-state index < -0.39 is 11.4 Å². The number of benzene rings is 1. The first-order valence-electron chi connectivity index (χ1n) is 8.45. The number of nitrogens with zero attached hydrogens (tertiary/aromatic N) is 3. The molecule has 1 aromatic heterocycles. The number of carboxylic acids is 1. The highest BCUT2D eigenvalue weighted by atomic mass is 16.4. The Kier molecular flexibility index (Phi) is 4.32. The van der Waals surface area contributed by atoms with Gasteiger partial charge in [0.25, 0.3) is 5.91 Å². The van der Waals surface area contributed by atoms with Gasteiger partial charge in [-0.3, -0.25) is 9.59 Å². The maximum absolute atomic E-state index is 12.7. The molecule has 7 nitrogen and oxygen atoms in total. The van der Waals surface area contributed by atoms with E-state index in [1.165, 1.54) is 0 Å². The summed E-state index contributed by atoms with van der Waals surface area (Å²) in [6.45, 7) is 2.59. The molecular formula is C18H22N4O3. The lowest BCUT2D eigenvalue weighted by atomic mass is 9.64. The number of hydrogen-bond donors (Lipinski definition) is 2. The molecular weight excluding hydrogens is 320 g/mol. The SMILES string of the molecule is CCCN(C)C(=O)c1nc(N)nc2ccc(C3(C(=O)O)CCC3)cc12. The highest BCUT2D eigenvalue weighted by Gasteiger charge is 2.46. The van der Waals surface area contributed by atoms with E-state index in [1.54, 1.807) is 30.1 Å². The van der Waals surface area contributed by atoms with Gasteiger partial charge in [0, 0.05) is 19.0 Å². The normalized spacial score (nSPS) is 15.6. The maximum atomic E-state index is 12.7. The van der Waals surface area contributed by atoms with E-state index in [9.17, 15) is 14.7 Å². The van der Waals surface area contributed by atoms with Gasteiger partial charge in [0.2, 0.25) is 5.95 Å². The van der Waals surface area contributed by atoms with Gasteiger partial charge in [-0.15, -0.1) is 0 Å². The van der Waals surface area contributed by atoms with Crippen molar-refractivity contribution >= 4 is 28.7 Å². The first-order chi connectivity index (χ1) is 11.9. The molecule has 7 heteroatoms. The van der Waals surface area contributed by atoms with Gasteiger partial charge in [-0.2, -0.15) is 0 Å². The number of carbonyl (C=O) groups is 2. The number of aromatic nitrogens is 2. The largest absolute Gasteiger partial charge is 0.481 e. The van der Waals surface area contributed by atoms with Crippen LogP contribution in [0.4, 0.5) is 5.95 Å². The predicted molar refractivity (Wildman–Crippen MR) is 94.4 cm³/mol. The van der Waals surface area contributed by atoms with Crippen molar-refractivity contribution < 1.29 is 14.7 Å². The van der Waals surface area contributed by atoms with Crippen LogP contribution in [0.3, 0.4) is 0 Å². The second kappa shape index (κ2) is 6.31. The number of anilines is 1. The summed E-state index contributed by atoms with van der Waals surface area (Å²) in [5.41, 5.74) is 6.35. The van der Waals surface area contributed by atoms with Crippen molar-refractivity contribution in [1.82, 2.24) is 14.9 Å². The van der Waals surface area contributed by atoms with Crippen molar-refractivity contribution in [3.8, 4) is 0 Å². The van der Waals surface area contributed by atoms with Crippen molar-refractivity contribution in [2.24, 2.45) is 0 Å². The minimum absolute atomic E-state index is 0.0325. The third kappa shape index (κ3) is 2.79. The van der Waals surface area contributed by atoms with Gasteiger partial charge < -0.3 is 15.7 Å². The van der Waals surface area contributed by atoms with Gasteiger partial charge in [0.05, 0.1) is 10.9 Å². The van der Waals surface area contributed by atoms with Crippen LogP contribution in [0.5, 0.6) is 0 Å². The van der Waals surface area contributed by atoms with E-state index >= 15 is 0 Å². The number of fused-ring (bicyclic) bond motifs is 1. The monoisotopic (exact) mass is 342 g/mol. The van der Waals surface area contributed by atoms with Crippen molar-refractivity contribution in [1.29, 1.82) is 0 Å². The van der Waals surface area contributed by atoms with Crippen LogP contribution in [0.15, 0.2) is 18.2 Å². The molecule has 0 unspecified atom stereocenters. The van der Waals surface area contributed by atoms with Crippen molar-refractivity contribution in [2.75, 3.05) is 19.3 Å². The summed E-state index contributed by atoms with van der Waals surface area (Å²) >= 11 is 0. The fourth-order valence-electron chi connectivity index (χ4n) is 3.38. The number of rotatable bonds is 5. The molecule has 1 saturated carbocycles. The van der Waals surface area contributed by atoms with E-state index in [0.29, 0.717) is 35.9 Å². The summed E-state index contributed by atoms with van der Waals surface area (Å²) in [6, 6.07) is 5.24. The van der Waals surface area contributed by atoms with Gasteiger partial charge in [0.15, 0.2) is 0 Å². The highest BCUT2D eigenvalue weighted by molar-refractivity contribution is 6.05. The van der Waals surface area contributed by atoms with Crippen molar-refractivity contribution in [3.63, 3.8) is 0 Å². The topological polar surface area (TPSA) is 109 Å². The molecule has 0 saturated heterocycles. The maximum Gasteiger partial charge on any atom is 0.314 e. The Morgan fingerprint density at radius 1 is 1.32 bits per heavy atom. The minimum atomic E-state index is -0.870. The summed E-state index contributed by atoms with van der Waals surface area (Å²) in [5.74, 6) is -1.04. The number of carboxylic acid groups (broad SMARTS) is 1. The van der Waals surface area contributed by atoms with Gasteiger partial charge in [-0.1, -0.05) is 19.4 Å². The van der Waals surface area contributed by atoms with Crippen molar-refractivity contribution in [3.05, 3.63) is 29.5 Å². The molecule has 1 aliphatic carbocycles. The van der Waals surface area contributed by atoms with Crippen LogP contribution >= 0.6 is 0 Å². The Bertz CT molecular complexity index is 846. The number of amides is 1. The van der Waals surface area contributed by atoms with Gasteiger partial charge >= 0.3 is 5.97 Å². The number of carbonyl (C=O) groups excluding carboxylic acids is 1. The average Bonchev–Trinajstić information content (AvgIpc) is 2.52. The molecule has 2 aromatic rings. The third-order valence-electron chi connectivity index (χ3n) is 4.99. The molecule has 132 valence electrons. The third-order valence-corrected chi connectivity index (χ3v) is 4.99. The molecule has 1 fully saturated rings. The fraction of sp³-hybridized carbons (Fsp3) is 0.444. The standard InChI is InChI=1S/C18H22N4O3/c1-3-9-22(2)15(23)14-12-10-11(18(16(24)25)7-4-8-18)5-6-13(12)20-17(19)21-14/h5-6,10H,3-4,7-9H2,1-2H3,(H,24,25)(H2,19,20,21). The van der Waals surface area contributed by atoms with Crippen LogP contribution in [0.25, 0.3) is 10.9 Å². The zero-order valence-corrected chi connectivity index (χ0v) is 14.5. The Labute approximate surface area is 145 Å². The van der Waals surface area contributed by atoms with Gasteiger partial charge in [0.1, 0.15) is 5.69 Å². The van der Waals surface area contributed by atoms with E-state index in [-0.39, 0.29) is 17.5 Å². The fourth-order valence-corrected chi connectivity index (χ4v) is 3.38. The molecule has 0 spiro atoms. The number of nitrogen functional groups attached to an aromatic ring is 1. The summed E-state index contributed by atoms with van der Waals surface area (Å²) in [6.07, 6.45) is 2.91. The Morgan fingerprint density at radius 3 is 2.60 bits per heavy atom. The van der Waals surface area contributed by atoms with Crippen LogP contribution < -0.4 is 5.73 Å². The Hall–Kier alpha value is -2.70. The molecule has 3 rings (SSSR count). The molecule has 1 amide bonds. The quantitative estimate of drug-likeness (QED) is 0.862. The molecule has 0 aliphatic heterocycles. The summed E-state index contributed by atoms with van der Waals surface area (Å²) in [7, 11) is 1.71. The molecule has 0 bridgehead atoms. The van der Waals surface area contributed by atoms with Crippen LogP contribution in [0.2, 0.25) is 0 Å². The van der Waals surface area contributed by atoms with Gasteiger partial charge in [-0.05, 0) is 37.0 Å². The molecule has 0 atom stereocenters. The number of hydrogen-bond acceptors (Lipinski definition) is 5. The highest BCUT2D eigenvalue weighted by Crippen LogP contribution is 2.44. The number of aliphatic carboxylic acids is 1. The molecule has 3 N–H and O–H groups in total. The molecule has 1 aliphatic rings. The van der Waals surface area contributed by atoms with Crippen LogP contribution in [0, 0.1) is 0 Å². The van der Waals surface area contributed by atoms with Crippen molar-refractivity contribution in [2.45, 2.75) is 38.0 Å². The second-order valence-electron chi connectivity index (χ2n) is 6.63.